The van der Waals surface area contributed by atoms with Gasteiger partial charge in [-0.15, -0.1) is 11.3 Å². The van der Waals surface area contributed by atoms with Gasteiger partial charge in [-0.05, 0) is 77.9 Å². The molecule has 0 fully saturated rings. The molecule has 2 aromatic carbocycles. The lowest BCUT2D eigenvalue weighted by molar-refractivity contribution is 0.209. The second-order valence-corrected chi connectivity index (χ2v) is 10.2. The van der Waals surface area contributed by atoms with Crippen LogP contribution in [0.3, 0.4) is 0 Å². The number of halogens is 1. The highest BCUT2D eigenvalue weighted by molar-refractivity contribution is 9.10. The van der Waals surface area contributed by atoms with Gasteiger partial charge in [0.2, 0.25) is 0 Å². The summed E-state index contributed by atoms with van der Waals surface area (Å²) in [6.07, 6.45) is 4.29. The molecule has 0 bridgehead atoms. The largest absolute Gasteiger partial charge is 0.493 e. The number of hydrogen-bond acceptors (Lipinski definition) is 6. The second kappa shape index (κ2) is 9.80. The van der Waals surface area contributed by atoms with E-state index in [2.05, 4.69) is 20.9 Å². The molecule has 0 saturated heterocycles. The van der Waals surface area contributed by atoms with Crippen molar-refractivity contribution in [3.8, 4) is 28.6 Å². The van der Waals surface area contributed by atoms with E-state index in [1.807, 2.05) is 43.3 Å². The van der Waals surface area contributed by atoms with Crippen LogP contribution < -0.4 is 19.8 Å². The van der Waals surface area contributed by atoms with Crippen molar-refractivity contribution >= 4 is 37.5 Å². The van der Waals surface area contributed by atoms with Crippen molar-refractivity contribution in [1.82, 2.24) is 9.97 Å². The van der Waals surface area contributed by atoms with Gasteiger partial charge in [-0.3, -0.25) is 4.79 Å². The Kier molecular flexibility index (Phi) is 6.61. The fourth-order valence-corrected chi connectivity index (χ4v) is 6.13. The van der Waals surface area contributed by atoms with Crippen LogP contribution in [-0.4, -0.2) is 30.3 Å². The zero-order chi connectivity index (χ0) is 23.7. The molecule has 0 aliphatic heterocycles. The summed E-state index contributed by atoms with van der Waals surface area (Å²) in [4.78, 5) is 22.8. The molecule has 0 atom stereocenters. The first-order valence-corrected chi connectivity index (χ1v) is 12.9. The fraction of sp³-hybridized carbons (Fsp3) is 0.308. The van der Waals surface area contributed by atoms with Crippen LogP contribution in [0, 0.1) is 6.92 Å². The normalized spacial score (nSPS) is 13.0. The molecule has 0 radical (unpaired) electrons. The molecule has 2 aromatic heterocycles. The van der Waals surface area contributed by atoms with Crippen LogP contribution in [0.4, 0.5) is 0 Å². The quantitative estimate of drug-likeness (QED) is 0.288. The summed E-state index contributed by atoms with van der Waals surface area (Å²) in [7, 11) is 1.59. The van der Waals surface area contributed by atoms with Gasteiger partial charge in [-0.1, -0.05) is 18.2 Å². The van der Waals surface area contributed by atoms with Crippen LogP contribution in [0.5, 0.6) is 17.2 Å². The first-order chi connectivity index (χ1) is 16.5. The number of rotatable bonds is 7. The molecule has 1 aliphatic carbocycles. The monoisotopic (exact) mass is 540 g/mol. The smallest absolute Gasteiger partial charge is 0.260 e. The second-order valence-electron chi connectivity index (χ2n) is 8.26. The van der Waals surface area contributed by atoms with Crippen LogP contribution in [0.2, 0.25) is 0 Å². The molecule has 6 nitrogen and oxygen atoms in total. The Balaban J connectivity index is 1.38. The number of aromatic amines is 1. The average Bonchev–Trinajstić information content (AvgIpc) is 3.22. The van der Waals surface area contributed by atoms with E-state index in [9.17, 15) is 4.79 Å². The van der Waals surface area contributed by atoms with Crippen molar-refractivity contribution in [3.63, 3.8) is 0 Å². The molecule has 34 heavy (non-hydrogen) atoms. The molecular formula is C26H25BrN2O4S. The number of nitrogens with zero attached hydrogens (tertiary/aromatic N) is 1. The number of ether oxygens (including phenoxy) is 3. The lowest BCUT2D eigenvalue weighted by Gasteiger charge is -2.15. The number of methoxy groups -OCH3 is 1. The molecule has 0 unspecified atom stereocenters. The van der Waals surface area contributed by atoms with Gasteiger partial charge in [0.15, 0.2) is 11.5 Å². The summed E-state index contributed by atoms with van der Waals surface area (Å²) in [5.74, 6) is 2.49. The number of aromatic nitrogens is 2. The number of nitrogens with one attached hydrogen (secondary N) is 1. The highest BCUT2D eigenvalue weighted by Crippen LogP contribution is 2.40. The maximum Gasteiger partial charge on any atom is 0.260 e. The van der Waals surface area contributed by atoms with Gasteiger partial charge in [-0.2, -0.15) is 0 Å². The summed E-state index contributed by atoms with van der Waals surface area (Å²) in [6.45, 7) is 2.76. The predicted molar refractivity (Wildman–Crippen MR) is 139 cm³/mol. The van der Waals surface area contributed by atoms with Crippen molar-refractivity contribution < 1.29 is 14.2 Å². The van der Waals surface area contributed by atoms with Gasteiger partial charge in [0, 0.05) is 10.4 Å². The number of fused-ring (bicyclic) bond motifs is 3. The predicted octanol–water partition coefficient (Wildman–Crippen LogP) is 6.07. The minimum absolute atomic E-state index is 0.0804. The SMILES string of the molecule is COc1cc(-c2nc3sc4c(c3c(=O)[nH]2)CCCC4)cc(Br)c1OCCOc1ccccc1C. The van der Waals surface area contributed by atoms with Gasteiger partial charge in [0.05, 0.1) is 17.0 Å². The first-order valence-electron chi connectivity index (χ1n) is 11.3. The number of hydrogen-bond donors (Lipinski definition) is 1. The van der Waals surface area contributed by atoms with Gasteiger partial charge < -0.3 is 19.2 Å². The van der Waals surface area contributed by atoms with Gasteiger partial charge in [0.25, 0.3) is 5.56 Å². The lowest BCUT2D eigenvalue weighted by atomic mass is 9.97. The van der Waals surface area contributed by atoms with Crippen LogP contribution in [0.25, 0.3) is 21.6 Å². The number of thiophene rings is 1. The molecule has 0 saturated carbocycles. The van der Waals surface area contributed by atoms with Gasteiger partial charge in [0.1, 0.15) is 29.6 Å². The highest BCUT2D eigenvalue weighted by Gasteiger charge is 2.21. The van der Waals surface area contributed by atoms with Gasteiger partial charge >= 0.3 is 0 Å². The average molecular weight is 541 g/mol. The summed E-state index contributed by atoms with van der Waals surface area (Å²) in [5, 5.41) is 0.753. The zero-order valence-electron chi connectivity index (χ0n) is 19.1. The number of H-pyrrole nitrogens is 1. The molecule has 8 heteroatoms. The zero-order valence-corrected chi connectivity index (χ0v) is 21.5. The number of para-hydroxylation sites is 1. The van der Waals surface area contributed by atoms with E-state index >= 15 is 0 Å². The Hall–Kier alpha value is -2.84. The number of benzene rings is 2. The Morgan fingerprint density at radius 1 is 1.09 bits per heavy atom. The van der Waals surface area contributed by atoms with E-state index in [1.165, 1.54) is 16.9 Å². The van der Waals surface area contributed by atoms with Crippen molar-refractivity contribution in [2.75, 3.05) is 20.3 Å². The molecule has 0 spiro atoms. The molecule has 1 aliphatic rings. The summed E-state index contributed by atoms with van der Waals surface area (Å²) < 4.78 is 18.1. The molecule has 176 valence electrons. The lowest BCUT2D eigenvalue weighted by Crippen LogP contribution is -2.12. The third kappa shape index (κ3) is 4.44. The van der Waals surface area contributed by atoms with E-state index in [4.69, 9.17) is 19.2 Å². The maximum absolute atomic E-state index is 13.0. The minimum atomic E-state index is -0.0804. The topological polar surface area (TPSA) is 73.4 Å². The van der Waals surface area contributed by atoms with Crippen molar-refractivity contribution in [2.24, 2.45) is 0 Å². The highest BCUT2D eigenvalue weighted by atomic mass is 79.9. The summed E-state index contributed by atoms with van der Waals surface area (Å²) in [5.41, 5.74) is 2.93. The summed E-state index contributed by atoms with van der Waals surface area (Å²) >= 11 is 5.24. The Morgan fingerprint density at radius 3 is 2.71 bits per heavy atom. The van der Waals surface area contributed by atoms with E-state index < -0.39 is 0 Å². The first kappa shape index (κ1) is 22.9. The van der Waals surface area contributed by atoms with Crippen molar-refractivity contribution in [1.29, 1.82) is 0 Å². The fourth-order valence-electron chi connectivity index (χ4n) is 4.31. The van der Waals surface area contributed by atoms with E-state index in [0.29, 0.717) is 35.0 Å². The number of aryl methyl sites for hydroxylation is 3. The molecular weight excluding hydrogens is 516 g/mol. The van der Waals surface area contributed by atoms with E-state index in [1.54, 1.807) is 18.4 Å². The standard InChI is InChI=1S/C26H25BrN2O4S/c1-15-7-3-5-9-19(15)32-11-12-33-23-18(27)13-16(14-20(23)31-2)24-28-25(30)22-17-8-4-6-10-21(17)34-26(22)29-24/h3,5,7,9,13-14H,4,6,8,10-12H2,1-2H3,(H,28,29,30). The minimum Gasteiger partial charge on any atom is -0.493 e. The van der Waals surface area contributed by atoms with Crippen LogP contribution in [0.1, 0.15) is 28.8 Å². The maximum atomic E-state index is 13.0. The van der Waals surface area contributed by atoms with Gasteiger partial charge in [-0.25, -0.2) is 4.98 Å². The third-order valence-electron chi connectivity index (χ3n) is 6.01. The van der Waals surface area contributed by atoms with Crippen molar-refractivity contribution in [2.45, 2.75) is 32.6 Å². The Morgan fingerprint density at radius 2 is 1.88 bits per heavy atom. The molecule has 5 rings (SSSR count). The van der Waals surface area contributed by atoms with Crippen LogP contribution in [0.15, 0.2) is 45.7 Å². The summed E-state index contributed by atoms with van der Waals surface area (Å²) in [6, 6.07) is 11.6. The third-order valence-corrected chi connectivity index (χ3v) is 7.78. The van der Waals surface area contributed by atoms with E-state index in [-0.39, 0.29) is 5.56 Å². The van der Waals surface area contributed by atoms with Crippen LogP contribution in [-0.2, 0) is 12.8 Å². The molecule has 1 N–H and O–H groups in total. The molecule has 4 aromatic rings. The van der Waals surface area contributed by atoms with E-state index in [0.717, 1.165) is 46.4 Å². The van der Waals surface area contributed by atoms with Crippen LogP contribution >= 0.6 is 27.3 Å². The van der Waals surface area contributed by atoms with Crippen molar-refractivity contribution in [3.05, 3.63) is 67.2 Å². The Labute approximate surface area is 210 Å². The molecule has 0 amide bonds. The molecule has 2 heterocycles. The Bertz CT molecular complexity index is 1410.